The fourth-order valence-electron chi connectivity index (χ4n) is 3.00. The maximum absolute atomic E-state index is 12.7. The Bertz CT molecular complexity index is 911. The maximum Gasteiger partial charge on any atom is 0.252 e. The van der Waals surface area contributed by atoms with Gasteiger partial charge in [0.15, 0.2) is 5.96 Å². The highest BCUT2D eigenvalue weighted by molar-refractivity contribution is 14.0. The number of nitrogens with zero attached hydrogens (tertiary/aromatic N) is 2. The number of hydrogen-bond donors (Lipinski definition) is 2. The van der Waals surface area contributed by atoms with E-state index in [2.05, 4.69) is 15.6 Å². The normalized spacial score (nSPS) is 15.6. The van der Waals surface area contributed by atoms with E-state index in [-0.39, 0.29) is 24.0 Å². The maximum atomic E-state index is 12.7. The number of hydrogen-bond acceptors (Lipinski definition) is 4. The molecular weight excluding hydrogens is 543 g/mol. The average Bonchev–Trinajstić information content (AvgIpc) is 3.20. The summed E-state index contributed by atoms with van der Waals surface area (Å²) in [5.74, 6) is 0.656. The second kappa shape index (κ2) is 11.5. The number of sulfonamides is 1. The standard InChI is InChI=1S/C19H25ClN4O2S2.HI/c1-21-19(22-13-15-5-7-16(20)8-6-15)23-14-17-9-10-18(27-17)28(25,26)24-11-3-2-4-12-24;/h5-10H,2-4,11-14H2,1H3,(H2,21,22,23);1H. The molecule has 160 valence electrons. The summed E-state index contributed by atoms with van der Waals surface area (Å²) in [5, 5.41) is 7.17. The molecule has 0 bridgehead atoms. The van der Waals surface area contributed by atoms with Crippen molar-refractivity contribution in [2.75, 3.05) is 20.1 Å². The monoisotopic (exact) mass is 568 g/mol. The van der Waals surface area contributed by atoms with E-state index in [9.17, 15) is 8.42 Å². The van der Waals surface area contributed by atoms with Gasteiger partial charge in [0.1, 0.15) is 4.21 Å². The van der Waals surface area contributed by atoms with Crippen molar-refractivity contribution in [3.8, 4) is 0 Å². The molecule has 0 unspecified atom stereocenters. The molecule has 1 aromatic heterocycles. The van der Waals surface area contributed by atoms with Gasteiger partial charge in [-0.3, -0.25) is 4.99 Å². The highest BCUT2D eigenvalue weighted by Crippen LogP contribution is 2.27. The SMILES string of the molecule is CN=C(NCc1ccc(Cl)cc1)NCc1ccc(S(=O)(=O)N2CCCCC2)s1.I. The van der Waals surface area contributed by atoms with E-state index in [0.29, 0.717) is 41.4 Å². The van der Waals surface area contributed by atoms with Gasteiger partial charge in [-0.2, -0.15) is 4.31 Å². The molecule has 0 amide bonds. The summed E-state index contributed by atoms with van der Waals surface area (Å²) < 4.78 is 27.5. The van der Waals surface area contributed by atoms with Gasteiger partial charge in [0.25, 0.3) is 10.0 Å². The summed E-state index contributed by atoms with van der Waals surface area (Å²) in [4.78, 5) is 5.16. The summed E-state index contributed by atoms with van der Waals surface area (Å²) in [6.45, 7) is 2.38. The minimum Gasteiger partial charge on any atom is -0.352 e. The lowest BCUT2D eigenvalue weighted by atomic mass is 10.2. The molecule has 1 aromatic carbocycles. The van der Waals surface area contributed by atoms with Gasteiger partial charge in [-0.1, -0.05) is 30.2 Å². The Morgan fingerprint density at radius 1 is 1.07 bits per heavy atom. The van der Waals surface area contributed by atoms with Crippen molar-refractivity contribution < 1.29 is 8.42 Å². The van der Waals surface area contributed by atoms with E-state index in [4.69, 9.17) is 11.6 Å². The van der Waals surface area contributed by atoms with Crippen LogP contribution in [0.15, 0.2) is 45.6 Å². The zero-order valence-corrected chi connectivity index (χ0v) is 20.9. The van der Waals surface area contributed by atoms with Gasteiger partial charge in [0.2, 0.25) is 0 Å². The zero-order chi connectivity index (χ0) is 20.0. The van der Waals surface area contributed by atoms with Crippen molar-refractivity contribution in [2.45, 2.75) is 36.6 Å². The van der Waals surface area contributed by atoms with Gasteiger partial charge in [0.05, 0.1) is 6.54 Å². The van der Waals surface area contributed by atoms with Crippen LogP contribution in [-0.2, 0) is 23.1 Å². The molecule has 10 heteroatoms. The number of guanidine groups is 1. The number of thiophene rings is 1. The van der Waals surface area contributed by atoms with Crippen molar-refractivity contribution >= 4 is 62.9 Å². The topological polar surface area (TPSA) is 73.8 Å². The molecular formula is C19H26ClIN4O2S2. The van der Waals surface area contributed by atoms with E-state index in [1.807, 2.05) is 30.3 Å². The van der Waals surface area contributed by atoms with Gasteiger partial charge < -0.3 is 10.6 Å². The molecule has 0 radical (unpaired) electrons. The van der Waals surface area contributed by atoms with Gasteiger partial charge in [-0.05, 0) is 42.7 Å². The van der Waals surface area contributed by atoms with Crippen LogP contribution in [-0.4, -0.2) is 38.8 Å². The van der Waals surface area contributed by atoms with Crippen LogP contribution in [0, 0.1) is 0 Å². The molecule has 2 aromatic rings. The summed E-state index contributed by atoms with van der Waals surface area (Å²) in [7, 11) is -1.66. The smallest absolute Gasteiger partial charge is 0.252 e. The molecule has 29 heavy (non-hydrogen) atoms. The molecule has 0 saturated carbocycles. The first-order chi connectivity index (χ1) is 13.5. The summed E-state index contributed by atoms with van der Waals surface area (Å²) >= 11 is 7.21. The number of benzene rings is 1. The Morgan fingerprint density at radius 3 is 2.38 bits per heavy atom. The molecule has 2 heterocycles. The second-order valence-corrected chi connectivity index (χ2v) is 10.4. The molecule has 0 spiro atoms. The van der Waals surface area contributed by atoms with Gasteiger partial charge in [-0.15, -0.1) is 35.3 Å². The quantitative estimate of drug-likeness (QED) is 0.313. The first kappa shape index (κ1) is 24.4. The van der Waals surface area contributed by atoms with Gasteiger partial charge in [0, 0.05) is 36.6 Å². The molecule has 1 aliphatic rings. The molecule has 0 aliphatic carbocycles. The van der Waals surface area contributed by atoms with Gasteiger partial charge in [-0.25, -0.2) is 8.42 Å². The largest absolute Gasteiger partial charge is 0.352 e. The molecule has 0 atom stereocenters. The third-order valence-corrected chi connectivity index (χ3v) is 8.28. The molecule has 2 N–H and O–H groups in total. The fraction of sp³-hybridized carbons (Fsp3) is 0.421. The Kier molecular flexibility index (Phi) is 9.67. The Balaban J connectivity index is 0.00000300. The highest BCUT2D eigenvalue weighted by Gasteiger charge is 2.27. The number of piperidine rings is 1. The van der Waals surface area contributed by atoms with Gasteiger partial charge >= 0.3 is 0 Å². The summed E-state index contributed by atoms with van der Waals surface area (Å²) in [6.07, 6.45) is 2.98. The zero-order valence-electron chi connectivity index (χ0n) is 16.2. The molecule has 1 aliphatic heterocycles. The predicted molar refractivity (Wildman–Crippen MR) is 131 cm³/mol. The van der Waals surface area contributed by atoms with Crippen LogP contribution >= 0.6 is 46.9 Å². The summed E-state index contributed by atoms with van der Waals surface area (Å²) in [6, 6.07) is 11.2. The van der Waals surface area contributed by atoms with E-state index < -0.39 is 10.0 Å². The summed E-state index contributed by atoms with van der Waals surface area (Å²) in [5.41, 5.74) is 1.10. The van der Waals surface area contributed by atoms with Crippen molar-refractivity contribution in [1.82, 2.24) is 14.9 Å². The van der Waals surface area contributed by atoms with E-state index in [0.717, 1.165) is 29.7 Å². The van der Waals surface area contributed by atoms with Crippen LogP contribution in [0.4, 0.5) is 0 Å². The fourth-order valence-corrected chi connectivity index (χ4v) is 6.10. The Labute approximate surface area is 198 Å². The Morgan fingerprint density at radius 2 is 1.72 bits per heavy atom. The third kappa shape index (κ3) is 6.81. The first-order valence-corrected chi connectivity index (χ1v) is 11.9. The second-order valence-electron chi connectivity index (χ2n) is 6.59. The van der Waals surface area contributed by atoms with Crippen molar-refractivity contribution in [1.29, 1.82) is 0 Å². The van der Waals surface area contributed by atoms with Crippen LogP contribution in [0.2, 0.25) is 5.02 Å². The molecule has 1 fully saturated rings. The molecule has 6 nitrogen and oxygen atoms in total. The first-order valence-electron chi connectivity index (χ1n) is 9.27. The lowest BCUT2D eigenvalue weighted by molar-refractivity contribution is 0.347. The number of halogens is 2. The van der Waals surface area contributed by atoms with Crippen molar-refractivity contribution in [3.05, 3.63) is 51.9 Å². The van der Waals surface area contributed by atoms with E-state index in [1.165, 1.54) is 11.3 Å². The van der Waals surface area contributed by atoms with E-state index >= 15 is 0 Å². The number of rotatable bonds is 6. The average molecular weight is 569 g/mol. The van der Waals surface area contributed by atoms with Crippen molar-refractivity contribution in [2.24, 2.45) is 4.99 Å². The predicted octanol–water partition coefficient (Wildman–Crippen LogP) is 4.06. The number of nitrogens with one attached hydrogen (secondary N) is 2. The third-order valence-electron chi connectivity index (χ3n) is 4.57. The lowest BCUT2D eigenvalue weighted by Crippen LogP contribution is -2.36. The minimum absolute atomic E-state index is 0. The van der Waals surface area contributed by atoms with Crippen LogP contribution in [0.1, 0.15) is 29.7 Å². The minimum atomic E-state index is -3.37. The van der Waals surface area contributed by atoms with Crippen LogP contribution < -0.4 is 10.6 Å². The van der Waals surface area contributed by atoms with Crippen LogP contribution in [0.25, 0.3) is 0 Å². The lowest BCUT2D eigenvalue weighted by Gasteiger charge is -2.25. The highest BCUT2D eigenvalue weighted by atomic mass is 127. The van der Waals surface area contributed by atoms with Crippen LogP contribution in [0.3, 0.4) is 0 Å². The van der Waals surface area contributed by atoms with Crippen molar-refractivity contribution in [3.63, 3.8) is 0 Å². The molecule has 1 saturated heterocycles. The Hall–Kier alpha value is -0.880. The molecule has 3 rings (SSSR count). The number of aliphatic imine (C=N–C) groups is 1. The van der Waals surface area contributed by atoms with E-state index in [1.54, 1.807) is 17.4 Å². The van der Waals surface area contributed by atoms with Crippen LogP contribution in [0.5, 0.6) is 0 Å².